The molecule has 1 aliphatic heterocycles. The first-order chi connectivity index (χ1) is 5.83. The van der Waals surface area contributed by atoms with Crippen molar-refractivity contribution in [2.75, 3.05) is 6.61 Å². The summed E-state index contributed by atoms with van der Waals surface area (Å²) in [5, 5.41) is 0. The molecule has 1 rings (SSSR count). The quantitative estimate of drug-likeness (QED) is 0.259. The Kier molecular flexibility index (Phi) is 4.22. The van der Waals surface area contributed by atoms with Gasteiger partial charge in [0.25, 0.3) is 10.0 Å². The average molecular weight is 204 g/mol. The van der Waals surface area contributed by atoms with E-state index in [-0.39, 0.29) is 5.97 Å². The minimum Gasteiger partial charge on any atom is -0.463 e. The minimum atomic E-state index is -1.23. The average Bonchev–Trinajstić information content (AvgIpc) is 2.00. The predicted molar refractivity (Wildman–Crippen MR) is 48.4 cm³/mol. The molecule has 0 spiro atoms. The Labute approximate surface area is 75.4 Å². The van der Waals surface area contributed by atoms with Crippen molar-refractivity contribution in [3.05, 3.63) is 12.7 Å². The van der Waals surface area contributed by atoms with Crippen LogP contribution in [0.3, 0.4) is 0 Å². The lowest BCUT2D eigenvalue weighted by atomic mass is 10.5. The molecule has 1 saturated heterocycles. The topological polar surface area (TPSA) is 44.8 Å². The van der Waals surface area contributed by atoms with Crippen LogP contribution in [0.5, 0.6) is 0 Å². The first kappa shape index (κ1) is 9.65. The third-order valence-corrected chi connectivity index (χ3v) is 6.45. The zero-order chi connectivity index (χ0) is 8.81. The van der Waals surface area contributed by atoms with Gasteiger partial charge in [0.2, 0.25) is 0 Å². The molecule has 0 aliphatic carbocycles. The summed E-state index contributed by atoms with van der Waals surface area (Å²) >= 11 is 0. The number of hydrogen-bond donors (Lipinski definition) is 0. The van der Waals surface area contributed by atoms with E-state index < -0.39 is 19.3 Å². The van der Waals surface area contributed by atoms with Crippen molar-refractivity contribution >= 4 is 25.3 Å². The van der Waals surface area contributed by atoms with E-state index in [2.05, 4.69) is 6.58 Å². The van der Waals surface area contributed by atoms with Crippen molar-refractivity contribution in [1.29, 1.82) is 0 Å². The summed E-state index contributed by atoms with van der Waals surface area (Å²) in [5.74, 6) is -0.360. The summed E-state index contributed by atoms with van der Waals surface area (Å²) in [6, 6.07) is 0.942. The second-order valence-electron chi connectivity index (χ2n) is 2.39. The lowest BCUT2D eigenvalue weighted by molar-refractivity contribution is -0.137. The highest BCUT2D eigenvalue weighted by Crippen LogP contribution is 2.07. The molecule has 4 nitrogen and oxygen atoms in total. The number of hydrogen-bond acceptors (Lipinski definition) is 4. The number of carbonyl (C=O) groups excluding carboxylic acids is 1. The Balaban J connectivity index is 1.88. The fourth-order valence-corrected chi connectivity index (χ4v) is 3.96. The maximum atomic E-state index is 10.6. The lowest BCUT2D eigenvalue weighted by Gasteiger charge is -2.25. The van der Waals surface area contributed by atoms with E-state index in [1.54, 1.807) is 0 Å². The van der Waals surface area contributed by atoms with Crippen LogP contribution in [0.15, 0.2) is 12.7 Å². The number of esters is 1. The third kappa shape index (κ3) is 3.31. The van der Waals surface area contributed by atoms with Crippen LogP contribution in [0, 0.1) is 0 Å². The molecule has 0 unspecified atom stereocenters. The molecule has 0 bridgehead atoms. The molecule has 0 aromatic heterocycles. The highest BCUT2D eigenvalue weighted by atomic mass is 28.4. The van der Waals surface area contributed by atoms with E-state index in [4.69, 9.17) is 13.0 Å². The van der Waals surface area contributed by atoms with Crippen LogP contribution in [-0.4, -0.2) is 31.9 Å². The molecule has 0 atom stereocenters. The fraction of sp³-hybridized carbons (Fsp3) is 0.500. The Morgan fingerprint density at radius 3 is 2.92 bits per heavy atom. The summed E-state index contributed by atoms with van der Waals surface area (Å²) in [7, 11) is -1.79. The van der Waals surface area contributed by atoms with Crippen molar-refractivity contribution in [3.8, 4) is 0 Å². The van der Waals surface area contributed by atoms with Crippen LogP contribution in [0.1, 0.15) is 6.42 Å². The summed E-state index contributed by atoms with van der Waals surface area (Å²) in [4.78, 5) is 10.6. The molecule has 0 aromatic carbocycles. The zero-order valence-electron chi connectivity index (χ0n) is 6.82. The van der Waals surface area contributed by atoms with Gasteiger partial charge in [-0.25, -0.2) is 4.79 Å². The SMILES string of the molecule is C=CC(=O)OCCC[SiH]1O[SiH2]O1. The lowest BCUT2D eigenvalue weighted by Crippen LogP contribution is -2.38. The second-order valence-corrected chi connectivity index (χ2v) is 6.73. The normalized spacial score (nSPS) is 23.2. The second kappa shape index (κ2) is 5.25. The standard InChI is InChI=1S/C6H12O4Si2/c1-2-6(7)8-4-3-5-12-9-11-10-12/h2,12H,1,3-5,11H2. The van der Waals surface area contributed by atoms with Gasteiger partial charge in [-0.1, -0.05) is 6.58 Å². The Morgan fingerprint density at radius 2 is 2.42 bits per heavy atom. The van der Waals surface area contributed by atoms with E-state index in [9.17, 15) is 4.79 Å². The molecule has 1 fully saturated rings. The summed E-state index contributed by atoms with van der Waals surface area (Å²) in [6.07, 6.45) is 2.01. The molecule has 6 heteroatoms. The summed E-state index contributed by atoms with van der Waals surface area (Å²) < 4.78 is 15.3. The monoisotopic (exact) mass is 204 g/mol. The van der Waals surface area contributed by atoms with Crippen molar-refractivity contribution in [2.45, 2.75) is 12.5 Å². The van der Waals surface area contributed by atoms with Gasteiger partial charge >= 0.3 is 15.3 Å². The maximum Gasteiger partial charge on any atom is 0.330 e. The molecular formula is C6H12O4Si2. The first-order valence-corrected chi connectivity index (χ1v) is 6.76. The van der Waals surface area contributed by atoms with Crippen LogP contribution in [-0.2, 0) is 17.8 Å². The molecule has 0 N–H and O–H groups in total. The van der Waals surface area contributed by atoms with Crippen molar-refractivity contribution in [2.24, 2.45) is 0 Å². The summed E-state index contributed by atoms with van der Waals surface area (Å²) in [6.45, 7) is 3.74. The van der Waals surface area contributed by atoms with Crippen molar-refractivity contribution < 1.29 is 17.8 Å². The molecular weight excluding hydrogens is 192 g/mol. The molecule has 0 amide bonds. The van der Waals surface area contributed by atoms with Gasteiger partial charge in [-0.2, -0.15) is 0 Å². The Morgan fingerprint density at radius 1 is 1.67 bits per heavy atom. The van der Waals surface area contributed by atoms with Gasteiger partial charge in [-0.3, -0.25) is 0 Å². The predicted octanol–water partition coefficient (Wildman–Crippen LogP) is -0.628. The number of ether oxygens (including phenoxy) is 1. The van der Waals surface area contributed by atoms with Crippen molar-refractivity contribution in [1.82, 2.24) is 0 Å². The van der Waals surface area contributed by atoms with Gasteiger partial charge in [-0.05, 0) is 12.5 Å². The molecule has 0 saturated carbocycles. The Hall–Kier alpha value is -0.436. The number of carbonyl (C=O) groups is 1. The van der Waals surface area contributed by atoms with Crippen LogP contribution in [0.4, 0.5) is 0 Å². The molecule has 0 aromatic rings. The largest absolute Gasteiger partial charge is 0.463 e. The third-order valence-electron chi connectivity index (χ3n) is 1.50. The van der Waals surface area contributed by atoms with E-state index in [0.29, 0.717) is 6.61 Å². The highest BCUT2D eigenvalue weighted by Gasteiger charge is 2.21. The molecule has 12 heavy (non-hydrogen) atoms. The molecule has 68 valence electrons. The van der Waals surface area contributed by atoms with Crippen LogP contribution in [0.2, 0.25) is 6.04 Å². The summed E-state index contributed by atoms with van der Waals surface area (Å²) in [5.41, 5.74) is 0. The van der Waals surface area contributed by atoms with Crippen LogP contribution >= 0.6 is 0 Å². The van der Waals surface area contributed by atoms with E-state index in [1.807, 2.05) is 0 Å². The number of rotatable bonds is 5. The van der Waals surface area contributed by atoms with Crippen LogP contribution < -0.4 is 0 Å². The maximum absolute atomic E-state index is 10.6. The zero-order valence-corrected chi connectivity index (χ0v) is 9.39. The van der Waals surface area contributed by atoms with Gasteiger partial charge in [0.1, 0.15) is 0 Å². The van der Waals surface area contributed by atoms with Crippen LogP contribution in [0.25, 0.3) is 0 Å². The minimum absolute atomic E-state index is 0.360. The van der Waals surface area contributed by atoms with Gasteiger partial charge in [0.05, 0.1) is 6.61 Å². The first-order valence-electron chi connectivity index (χ1n) is 3.85. The Bertz CT molecular complexity index is 169. The van der Waals surface area contributed by atoms with E-state index in [0.717, 1.165) is 12.5 Å². The van der Waals surface area contributed by atoms with Gasteiger partial charge in [0.15, 0.2) is 0 Å². The van der Waals surface area contributed by atoms with Crippen molar-refractivity contribution in [3.63, 3.8) is 0 Å². The molecule has 1 heterocycles. The van der Waals surface area contributed by atoms with Gasteiger partial charge in [-0.15, -0.1) is 0 Å². The fourth-order valence-electron chi connectivity index (χ4n) is 0.813. The van der Waals surface area contributed by atoms with E-state index in [1.165, 1.54) is 6.08 Å². The molecule has 0 radical (unpaired) electrons. The van der Waals surface area contributed by atoms with Gasteiger partial charge in [0, 0.05) is 6.08 Å². The highest BCUT2D eigenvalue weighted by molar-refractivity contribution is 6.64. The van der Waals surface area contributed by atoms with Gasteiger partial charge < -0.3 is 13.0 Å². The smallest absolute Gasteiger partial charge is 0.330 e. The van der Waals surface area contributed by atoms with E-state index >= 15 is 0 Å². The molecule has 1 aliphatic rings.